The van der Waals surface area contributed by atoms with Crippen molar-refractivity contribution in [3.63, 3.8) is 0 Å². The fourth-order valence-electron chi connectivity index (χ4n) is 4.52. The number of nitrogens with zero attached hydrogens (tertiary/aromatic N) is 2. The summed E-state index contributed by atoms with van der Waals surface area (Å²) in [6, 6.07) is 32.9. The lowest BCUT2D eigenvalue weighted by atomic mass is 9.75. The van der Waals surface area contributed by atoms with Crippen LogP contribution in [0.1, 0.15) is 23.1 Å². The minimum atomic E-state index is -0.300. The number of rotatable bonds is 5. The van der Waals surface area contributed by atoms with E-state index in [1.54, 1.807) is 0 Å². The van der Waals surface area contributed by atoms with E-state index in [1.165, 1.54) is 22.3 Å². The predicted octanol–water partition coefficient (Wildman–Crippen LogP) is 5.13. The molecule has 0 saturated carbocycles. The first-order chi connectivity index (χ1) is 13.7. The number of likely N-dealkylation sites (tertiary alicyclic amines) is 1. The van der Waals surface area contributed by atoms with Gasteiger partial charge in [0.25, 0.3) is 0 Å². The molecule has 3 aromatic rings. The van der Waals surface area contributed by atoms with Crippen molar-refractivity contribution in [2.24, 2.45) is 0 Å². The third-order valence-corrected chi connectivity index (χ3v) is 5.59. The second-order valence-electron chi connectivity index (χ2n) is 7.73. The molecule has 1 fully saturated rings. The van der Waals surface area contributed by atoms with Crippen LogP contribution in [0, 0.1) is 0 Å². The predicted molar refractivity (Wildman–Crippen MR) is 117 cm³/mol. The molecule has 0 N–H and O–H groups in total. The van der Waals surface area contributed by atoms with Crippen molar-refractivity contribution in [2.45, 2.75) is 12.0 Å². The van der Waals surface area contributed by atoms with Gasteiger partial charge in [-0.05, 0) is 34.9 Å². The average molecular weight is 369 g/mol. The van der Waals surface area contributed by atoms with Gasteiger partial charge in [0.15, 0.2) is 0 Å². The molecule has 0 aliphatic carbocycles. The van der Waals surface area contributed by atoms with E-state index < -0.39 is 0 Å². The monoisotopic (exact) mass is 368 g/mol. The summed E-state index contributed by atoms with van der Waals surface area (Å²) in [5, 5.41) is 0. The molecule has 0 spiro atoms. The number of hydrogen-bond donors (Lipinski definition) is 0. The van der Waals surface area contributed by atoms with Crippen LogP contribution in [0.4, 0.5) is 0 Å². The highest BCUT2D eigenvalue weighted by Crippen LogP contribution is 2.44. The lowest BCUT2D eigenvalue weighted by Gasteiger charge is -2.43. The molecule has 28 heavy (non-hydrogen) atoms. The SMILES string of the molecule is CN(C)C=C1CCN(C(c2ccccc2)(c2ccccc2)c2ccccc2)C1. The summed E-state index contributed by atoms with van der Waals surface area (Å²) >= 11 is 0. The Morgan fingerprint density at radius 1 is 0.714 bits per heavy atom. The Labute approximate surface area is 168 Å². The molecule has 0 unspecified atom stereocenters. The van der Waals surface area contributed by atoms with E-state index in [1.807, 2.05) is 0 Å². The van der Waals surface area contributed by atoms with E-state index in [4.69, 9.17) is 0 Å². The Bertz CT molecular complexity index is 818. The fraction of sp³-hybridized carbons (Fsp3) is 0.231. The van der Waals surface area contributed by atoms with E-state index >= 15 is 0 Å². The van der Waals surface area contributed by atoms with Crippen molar-refractivity contribution >= 4 is 0 Å². The van der Waals surface area contributed by atoms with Gasteiger partial charge < -0.3 is 4.90 Å². The van der Waals surface area contributed by atoms with E-state index in [0.717, 1.165) is 19.5 Å². The Morgan fingerprint density at radius 3 is 1.54 bits per heavy atom. The van der Waals surface area contributed by atoms with Crippen LogP contribution in [0.3, 0.4) is 0 Å². The smallest absolute Gasteiger partial charge is 0.0975 e. The molecule has 4 rings (SSSR count). The van der Waals surface area contributed by atoms with Crippen molar-refractivity contribution < 1.29 is 0 Å². The zero-order valence-corrected chi connectivity index (χ0v) is 16.8. The van der Waals surface area contributed by atoms with Gasteiger partial charge in [0.1, 0.15) is 0 Å². The summed E-state index contributed by atoms with van der Waals surface area (Å²) in [6.07, 6.45) is 3.39. The third kappa shape index (κ3) is 3.36. The van der Waals surface area contributed by atoms with Crippen LogP contribution < -0.4 is 0 Å². The van der Waals surface area contributed by atoms with Crippen molar-refractivity contribution in [3.8, 4) is 0 Å². The highest BCUT2D eigenvalue weighted by atomic mass is 15.2. The van der Waals surface area contributed by atoms with E-state index in [0.29, 0.717) is 0 Å². The topological polar surface area (TPSA) is 6.48 Å². The van der Waals surface area contributed by atoms with Gasteiger partial charge in [-0.1, -0.05) is 91.0 Å². The van der Waals surface area contributed by atoms with Crippen molar-refractivity contribution in [2.75, 3.05) is 27.2 Å². The Morgan fingerprint density at radius 2 is 1.14 bits per heavy atom. The summed E-state index contributed by atoms with van der Waals surface area (Å²) in [6.45, 7) is 2.01. The lowest BCUT2D eigenvalue weighted by molar-refractivity contribution is 0.203. The largest absolute Gasteiger partial charge is 0.383 e. The average Bonchev–Trinajstić information content (AvgIpc) is 3.19. The molecule has 1 saturated heterocycles. The molecule has 142 valence electrons. The standard InChI is InChI=1S/C26H28N2/c1-27(2)20-22-18-19-28(21-22)26(23-12-6-3-7-13-23,24-14-8-4-9-15-24)25-16-10-5-11-17-25/h3-17,20H,18-19,21H2,1-2H3. The Kier molecular flexibility index (Phi) is 5.31. The summed E-state index contributed by atoms with van der Waals surface area (Å²) in [7, 11) is 4.21. The summed E-state index contributed by atoms with van der Waals surface area (Å²) in [5.74, 6) is 0. The van der Waals surface area contributed by atoms with Gasteiger partial charge in [0.05, 0.1) is 5.54 Å². The van der Waals surface area contributed by atoms with E-state index in [2.05, 4.69) is 121 Å². The summed E-state index contributed by atoms with van der Waals surface area (Å²) in [5.41, 5.74) is 5.14. The highest BCUT2D eigenvalue weighted by Gasteiger charge is 2.43. The quantitative estimate of drug-likeness (QED) is 0.576. The minimum Gasteiger partial charge on any atom is -0.383 e. The van der Waals surface area contributed by atoms with Gasteiger partial charge in [-0.3, -0.25) is 4.90 Å². The van der Waals surface area contributed by atoms with Crippen LogP contribution in [0.2, 0.25) is 0 Å². The lowest BCUT2D eigenvalue weighted by Crippen LogP contribution is -2.46. The van der Waals surface area contributed by atoms with Gasteiger partial charge in [-0.15, -0.1) is 0 Å². The maximum absolute atomic E-state index is 2.64. The molecule has 2 nitrogen and oxygen atoms in total. The molecule has 1 heterocycles. The number of hydrogen-bond acceptors (Lipinski definition) is 2. The van der Waals surface area contributed by atoms with Gasteiger partial charge in [-0.25, -0.2) is 0 Å². The molecule has 3 aromatic carbocycles. The molecule has 0 radical (unpaired) electrons. The summed E-state index contributed by atoms with van der Waals surface area (Å²) < 4.78 is 0. The van der Waals surface area contributed by atoms with Crippen LogP contribution in [-0.4, -0.2) is 37.0 Å². The van der Waals surface area contributed by atoms with Gasteiger partial charge >= 0.3 is 0 Å². The molecule has 0 amide bonds. The van der Waals surface area contributed by atoms with E-state index in [9.17, 15) is 0 Å². The van der Waals surface area contributed by atoms with Gasteiger partial charge in [0.2, 0.25) is 0 Å². The molecule has 0 bridgehead atoms. The molecular formula is C26H28N2. The highest BCUT2D eigenvalue weighted by molar-refractivity contribution is 5.50. The first-order valence-electron chi connectivity index (χ1n) is 9.99. The molecular weight excluding hydrogens is 340 g/mol. The summed E-state index contributed by atoms with van der Waals surface area (Å²) in [4.78, 5) is 4.80. The molecule has 1 aliphatic heterocycles. The first kappa shape index (κ1) is 18.5. The van der Waals surface area contributed by atoms with Crippen molar-refractivity contribution in [3.05, 3.63) is 119 Å². The van der Waals surface area contributed by atoms with Crippen molar-refractivity contribution in [1.82, 2.24) is 9.80 Å². The molecule has 0 aromatic heterocycles. The Balaban J connectivity index is 1.95. The molecule has 2 heteroatoms. The zero-order valence-electron chi connectivity index (χ0n) is 16.8. The second kappa shape index (κ2) is 8.04. The van der Waals surface area contributed by atoms with Crippen LogP contribution in [0.15, 0.2) is 103 Å². The van der Waals surface area contributed by atoms with Crippen LogP contribution in [0.5, 0.6) is 0 Å². The van der Waals surface area contributed by atoms with E-state index in [-0.39, 0.29) is 5.54 Å². The van der Waals surface area contributed by atoms with Crippen LogP contribution >= 0.6 is 0 Å². The first-order valence-corrected chi connectivity index (χ1v) is 9.99. The fourth-order valence-corrected chi connectivity index (χ4v) is 4.52. The third-order valence-electron chi connectivity index (χ3n) is 5.59. The van der Waals surface area contributed by atoms with Crippen LogP contribution in [-0.2, 0) is 5.54 Å². The second-order valence-corrected chi connectivity index (χ2v) is 7.73. The van der Waals surface area contributed by atoms with Crippen LogP contribution in [0.25, 0.3) is 0 Å². The maximum atomic E-state index is 2.64. The van der Waals surface area contributed by atoms with Gasteiger partial charge in [-0.2, -0.15) is 0 Å². The van der Waals surface area contributed by atoms with Gasteiger partial charge in [0, 0.05) is 27.2 Å². The normalized spacial score (nSPS) is 16.4. The minimum absolute atomic E-state index is 0.300. The van der Waals surface area contributed by atoms with Crippen molar-refractivity contribution in [1.29, 1.82) is 0 Å². The maximum Gasteiger partial charge on any atom is 0.0975 e. The number of benzene rings is 3. The molecule has 0 atom stereocenters. The molecule has 1 aliphatic rings. The zero-order chi connectivity index (χ0) is 19.4. The Hall–Kier alpha value is -2.84.